The molecule has 0 spiro atoms. The monoisotopic (exact) mass is 241 g/mol. The average molecular weight is 242 g/mol. The number of esters is 1. The van der Waals surface area contributed by atoms with E-state index >= 15 is 0 Å². The minimum Gasteiger partial charge on any atom is -0.462 e. The third-order valence-electron chi connectivity index (χ3n) is 2.47. The number of halogens is 1. The highest BCUT2D eigenvalue weighted by Gasteiger charge is 2.13. The zero-order valence-corrected chi connectivity index (χ0v) is 10.3. The molecule has 0 saturated heterocycles. The Morgan fingerprint density at radius 3 is 2.88 bits per heavy atom. The van der Waals surface area contributed by atoms with E-state index in [1.54, 1.807) is 18.2 Å². The first-order valence-corrected chi connectivity index (χ1v) is 5.65. The van der Waals surface area contributed by atoms with E-state index in [1.165, 1.54) is 0 Å². The van der Waals surface area contributed by atoms with Crippen molar-refractivity contribution in [1.82, 2.24) is 0 Å². The Kier molecular flexibility index (Phi) is 4.62. The lowest BCUT2D eigenvalue weighted by Gasteiger charge is -2.11. The standard InChI is InChI=1S/C12H16ClNO2/c1-3-8(2)7-16-12(15)9-5-4-6-10(13)11(9)14/h4-6,8H,3,7,14H2,1-2H3. The van der Waals surface area contributed by atoms with Crippen molar-refractivity contribution < 1.29 is 9.53 Å². The lowest BCUT2D eigenvalue weighted by Crippen LogP contribution is -2.13. The third-order valence-corrected chi connectivity index (χ3v) is 2.80. The molecule has 4 heteroatoms. The first-order valence-electron chi connectivity index (χ1n) is 5.27. The van der Waals surface area contributed by atoms with Crippen LogP contribution >= 0.6 is 11.6 Å². The normalized spacial score (nSPS) is 12.2. The fraction of sp³-hybridized carbons (Fsp3) is 0.417. The number of anilines is 1. The molecule has 0 aliphatic heterocycles. The Morgan fingerprint density at radius 2 is 2.25 bits per heavy atom. The fourth-order valence-electron chi connectivity index (χ4n) is 1.13. The summed E-state index contributed by atoms with van der Waals surface area (Å²) in [5, 5.41) is 0.373. The minimum absolute atomic E-state index is 0.276. The predicted molar refractivity (Wildman–Crippen MR) is 65.6 cm³/mol. The van der Waals surface area contributed by atoms with E-state index in [9.17, 15) is 4.79 Å². The highest BCUT2D eigenvalue weighted by molar-refractivity contribution is 6.33. The molecule has 0 aromatic heterocycles. The molecule has 0 saturated carbocycles. The molecule has 1 aromatic carbocycles. The maximum atomic E-state index is 11.7. The van der Waals surface area contributed by atoms with Gasteiger partial charge in [0.25, 0.3) is 0 Å². The van der Waals surface area contributed by atoms with Crippen LogP contribution in [-0.2, 0) is 4.74 Å². The second kappa shape index (κ2) is 5.75. The van der Waals surface area contributed by atoms with E-state index in [-0.39, 0.29) is 5.69 Å². The molecule has 3 nitrogen and oxygen atoms in total. The largest absolute Gasteiger partial charge is 0.462 e. The molecule has 0 radical (unpaired) electrons. The third kappa shape index (κ3) is 3.14. The molecule has 0 aliphatic carbocycles. The van der Waals surface area contributed by atoms with E-state index in [0.29, 0.717) is 23.1 Å². The molecule has 1 atom stereocenters. The first kappa shape index (κ1) is 12.8. The molecular formula is C12H16ClNO2. The van der Waals surface area contributed by atoms with Crippen molar-refractivity contribution in [1.29, 1.82) is 0 Å². The summed E-state index contributed by atoms with van der Waals surface area (Å²) < 4.78 is 5.14. The van der Waals surface area contributed by atoms with Crippen molar-refractivity contribution in [3.8, 4) is 0 Å². The lowest BCUT2D eigenvalue weighted by molar-refractivity contribution is 0.0448. The Hall–Kier alpha value is -1.22. The Labute approximate surface area is 101 Å². The van der Waals surface area contributed by atoms with Crippen LogP contribution in [0.2, 0.25) is 5.02 Å². The maximum absolute atomic E-state index is 11.7. The van der Waals surface area contributed by atoms with Gasteiger partial charge in [-0.25, -0.2) is 4.79 Å². The first-order chi connectivity index (χ1) is 7.56. The molecule has 0 bridgehead atoms. The summed E-state index contributed by atoms with van der Waals surface area (Å²) in [6.45, 7) is 4.47. The van der Waals surface area contributed by atoms with Crippen LogP contribution in [0.1, 0.15) is 30.6 Å². The van der Waals surface area contributed by atoms with Crippen LogP contribution in [0, 0.1) is 5.92 Å². The number of benzene rings is 1. The molecule has 1 rings (SSSR count). The summed E-state index contributed by atoms with van der Waals surface area (Å²) in [6, 6.07) is 4.93. The molecule has 0 amide bonds. The Bertz CT molecular complexity index is 379. The molecule has 0 aliphatic rings. The molecule has 2 N–H and O–H groups in total. The molecule has 0 fully saturated rings. The zero-order valence-electron chi connectivity index (χ0n) is 9.50. The number of hydrogen-bond donors (Lipinski definition) is 1. The van der Waals surface area contributed by atoms with E-state index < -0.39 is 5.97 Å². The summed E-state index contributed by atoms with van der Waals surface area (Å²) in [6.07, 6.45) is 0.971. The van der Waals surface area contributed by atoms with Crippen LogP contribution in [0.3, 0.4) is 0 Å². The summed E-state index contributed by atoms with van der Waals surface area (Å²) in [5.74, 6) is -0.0651. The molecule has 88 valence electrons. The van der Waals surface area contributed by atoms with E-state index in [1.807, 2.05) is 13.8 Å². The summed E-state index contributed by atoms with van der Waals surface area (Å²) >= 11 is 5.82. The van der Waals surface area contributed by atoms with Crippen LogP contribution in [0.15, 0.2) is 18.2 Å². The van der Waals surface area contributed by atoms with Crippen LogP contribution in [0.5, 0.6) is 0 Å². The van der Waals surface area contributed by atoms with Gasteiger partial charge in [0.1, 0.15) is 0 Å². The number of carbonyl (C=O) groups is 1. The smallest absolute Gasteiger partial charge is 0.340 e. The van der Waals surface area contributed by atoms with Gasteiger partial charge < -0.3 is 10.5 Å². The number of hydrogen-bond acceptors (Lipinski definition) is 3. The van der Waals surface area contributed by atoms with Gasteiger partial charge >= 0.3 is 5.97 Å². The predicted octanol–water partition coefficient (Wildman–Crippen LogP) is 3.13. The summed E-state index contributed by atoms with van der Waals surface area (Å²) in [7, 11) is 0. The highest BCUT2D eigenvalue weighted by atomic mass is 35.5. The Morgan fingerprint density at radius 1 is 1.56 bits per heavy atom. The van der Waals surface area contributed by atoms with Gasteiger partial charge in [-0.1, -0.05) is 37.9 Å². The van der Waals surface area contributed by atoms with Gasteiger partial charge in [0.15, 0.2) is 0 Å². The van der Waals surface area contributed by atoms with Crippen molar-refractivity contribution in [2.45, 2.75) is 20.3 Å². The summed E-state index contributed by atoms with van der Waals surface area (Å²) in [4.78, 5) is 11.7. The van der Waals surface area contributed by atoms with Gasteiger partial charge in [-0.2, -0.15) is 0 Å². The van der Waals surface area contributed by atoms with Crippen LogP contribution in [-0.4, -0.2) is 12.6 Å². The zero-order chi connectivity index (χ0) is 12.1. The molecule has 1 unspecified atom stereocenters. The Balaban J connectivity index is 2.70. The highest BCUT2D eigenvalue weighted by Crippen LogP contribution is 2.23. The van der Waals surface area contributed by atoms with Crippen molar-refractivity contribution in [2.75, 3.05) is 12.3 Å². The molecule has 0 heterocycles. The lowest BCUT2D eigenvalue weighted by atomic mass is 10.1. The SMILES string of the molecule is CCC(C)COC(=O)c1cccc(Cl)c1N. The van der Waals surface area contributed by atoms with Crippen molar-refractivity contribution in [3.05, 3.63) is 28.8 Å². The number of nitrogen functional groups attached to an aromatic ring is 1. The number of para-hydroxylation sites is 1. The van der Waals surface area contributed by atoms with Gasteiger partial charge in [-0.3, -0.25) is 0 Å². The van der Waals surface area contributed by atoms with Crippen LogP contribution in [0.25, 0.3) is 0 Å². The van der Waals surface area contributed by atoms with Gasteiger partial charge in [0.2, 0.25) is 0 Å². The number of carbonyl (C=O) groups excluding carboxylic acids is 1. The minimum atomic E-state index is -0.416. The van der Waals surface area contributed by atoms with E-state index in [4.69, 9.17) is 22.1 Å². The van der Waals surface area contributed by atoms with Crippen molar-refractivity contribution >= 4 is 23.3 Å². The van der Waals surface area contributed by atoms with Gasteiger partial charge in [-0.15, -0.1) is 0 Å². The summed E-state index contributed by atoms with van der Waals surface area (Å²) in [5.41, 5.74) is 6.30. The number of nitrogens with two attached hydrogens (primary N) is 1. The van der Waals surface area contributed by atoms with E-state index in [0.717, 1.165) is 6.42 Å². The molecule has 16 heavy (non-hydrogen) atoms. The second-order valence-corrected chi connectivity index (χ2v) is 4.22. The van der Waals surface area contributed by atoms with Gasteiger partial charge in [0.05, 0.1) is 22.9 Å². The van der Waals surface area contributed by atoms with Crippen molar-refractivity contribution in [3.63, 3.8) is 0 Å². The molecular weight excluding hydrogens is 226 g/mol. The number of ether oxygens (including phenoxy) is 1. The fourth-order valence-corrected chi connectivity index (χ4v) is 1.30. The van der Waals surface area contributed by atoms with E-state index in [2.05, 4.69) is 0 Å². The average Bonchev–Trinajstić information content (AvgIpc) is 2.29. The van der Waals surface area contributed by atoms with Crippen LogP contribution < -0.4 is 5.73 Å². The molecule has 1 aromatic rings. The topological polar surface area (TPSA) is 52.3 Å². The van der Waals surface area contributed by atoms with Gasteiger partial charge in [-0.05, 0) is 18.1 Å². The van der Waals surface area contributed by atoms with Crippen LogP contribution in [0.4, 0.5) is 5.69 Å². The van der Waals surface area contributed by atoms with Gasteiger partial charge in [0, 0.05) is 0 Å². The maximum Gasteiger partial charge on any atom is 0.340 e. The van der Waals surface area contributed by atoms with Crippen molar-refractivity contribution in [2.24, 2.45) is 5.92 Å². The quantitative estimate of drug-likeness (QED) is 0.651. The second-order valence-electron chi connectivity index (χ2n) is 3.81. The number of rotatable bonds is 4.